The smallest absolute Gasteiger partial charge is 0.137 e. The fourth-order valence-electron chi connectivity index (χ4n) is 1.00. The molecule has 0 unspecified atom stereocenters. The average molecular weight is 184 g/mol. The number of halogens is 2. The summed E-state index contributed by atoms with van der Waals surface area (Å²) in [7, 11) is 1.36. The summed E-state index contributed by atoms with van der Waals surface area (Å²) in [4.78, 5) is 0. The Kier molecular flexibility index (Phi) is 3.01. The molecule has 0 aromatic heterocycles. The van der Waals surface area contributed by atoms with Crippen molar-refractivity contribution < 1.29 is 13.5 Å². The van der Waals surface area contributed by atoms with Crippen molar-refractivity contribution in [2.45, 2.75) is 6.92 Å². The highest BCUT2D eigenvalue weighted by molar-refractivity contribution is 5.52. The molecule has 0 atom stereocenters. The van der Waals surface area contributed by atoms with Gasteiger partial charge >= 0.3 is 0 Å². The lowest BCUT2D eigenvalue weighted by atomic mass is 10.2. The highest BCUT2D eigenvalue weighted by atomic mass is 19.1. The molecule has 0 spiro atoms. The second-order valence-corrected chi connectivity index (χ2v) is 2.50. The number of hydrogen-bond donors (Lipinski definition) is 0. The molecule has 0 aliphatic carbocycles. The molecule has 0 saturated heterocycles. The lowest BCUT2D eigenvalue weighted by molar-refractivity contribution is 0.406. The van der Waals surface area contributed by atoms with Gasteiger partial charge in [0.2, 0.25) is 0 Å². The van der Waals surface area contributed by atoms with E-state index in [1.54, 1.807) is 13.0 Å². The zero-order chi connectivity index (χ0) is 9.84. The van der Waals surface area contributed by atoms with Gasteiger partial charge in [-0.15, -0.1) is 0 Å². The van der Waals surface area contributed by atoms with Crippen LogP contribution < -0.4 is 4.74 Å². The zero-order valence-electron chi connectivity index (χ0n) is 7.47. The first kappa shape index (κ1) is 9.71. The van der Waals surface area contributed by atoms with E-state index < -0.39 is 11.6 Å². The predicted octanol–water partition coefficient (Wildman–Crippen LogP) is 3.01. The summed E-state index contributed by atoms with van der Waals surface area (Å²) in [6.45, 7) is 1.70. The summed E-state index contributed by atoms with van der Waals surface area (Å²) in [5, 5.41) is 0. The first-order valence-corrected chi connectivity index (χ1v) is 3.84. The Morgan fingerprint density at radius 3 is 2.15 bits per heavy atom. The van der Waals surface area contributed by atoms with Gasteiger partial charge in [0.1, 0.15) is 17.4 Å². The van der Waals surface area contributed by atoms with Gasteiger partial charge < -0.3 is 4.74 Å². The first-order chi connectivity index (χ1) is 6.19. The molecule has 0 N–H and O–H groups in total. The Morgan fingerprint density at radius 2 is 1.77 bits per heavy atom. The molecular weight excluding hydrogens is 174 g/mol. The van der Waals surface area contributed by atoms with Gasteiger partial charge in [0.05, 0.1) is 7.11 Å². The number of benzene rings is 1. The van der Waals surface area contributed by atoms with E-state index in [-0.39, 0.29) is 11.3 Å². The van der Waals surface area contributed by atoms with E-state index in [0.29, 0.717) is 0 Å². The van der Waals surface area contributed by atoms with Crippen LogP contribution in [0.3, 0.4) is 0 Å². The summed E-state index contributed by atoms with van der Waals surface area (Å²) in [5.41, 5.74) is -0.0386. The maximum atomic E-state index is 13.1. The molecule has 0 aliphatic rings. The topological polar surface area (TPSA) is 9.23 Å². The van der Waals surface area contributed by atoms with Crippen molar-refractivity contribution in [3.63, 3.8) is 0 Å². The van der Waals surface area contributed by atoms with Gasteiger partial charge in [0.25, 0.3) is 0 Å². The van der Waals surface area contributed by atoms with E-state index >= 15 is 0 Å². The number of hydrogen-bond acceptors (Lipinski definition) is 1. The monoisotopic (exact) mass is 184 g/mol. The Morgan fingerprint density at radius 1 is 1.23 bits per heavy atom. The van der Waals surface area contributed by atoms with Crippen molar-refractivity contribution in [3.8, 4) is 5.75 Å². The van der Waals surface area contributed by atoms with Crippen LogP contribution in [-0.4, -0.2) is 7.11 Å². The highest BCUT2D eigenvalue weighted by Gasteiger charge is 2.07. The number of methoxy groups -OCH3 is 1. The van der Waals surface area contributed by atoms with E-state index in [9.17, 15) is 8.78 Å². The van der Waals surface area contributed by atoms with Gasteiger partial charge in [-0.2, -0.15) is 0 Å². The van der Waals surface area contributed by atoms with Crippen molar-refractivity contribution in [2.75, 3.05) is 7.11 Å². The van der Waals surface area contributed by atoms with Crippen LogP contribution in [0.1, 0.15) is 12.5 Å². The van der Waals surface area contributed by atoms with Gasteiger partial charge in [-0.3, -0.25) is 0 Å². The molecule has 0 heterocycles. The summed E-state index contributed by atoms with van der Waals surface area (Å²) >= 11 is 0. The summed E-state index contributed by atoms with van der Waals surface area (Å²) in [6, 6.07) is 2.30. The Balaban J connectivity index is 3.22. The summed E-state index contributed by atoms with van der Waals surface area (Å²) in [6.07, 6.45) is 2.96. The molecule has 0 aliphatic heterocycles. The van der Waals surface area contributed by atoms with Crippen molar-refractivity contribution in [3.05, 3.63) is 35.4 Å². The van der Waals surface area contributed by atoms with Crippen LogP contribution in [0.15, 0.2) is 18.2 Å². The van der Waals surface area contributed by atoms with Crippen LogP contribution in [0.5, 0.6) is 5.75 Å². The summed E-state index contributed by atoms with van der Waals surface area (Å²) < 4.78 is 30.9. The molecule has 3 heteroatoms. The Bertz CT molecular complexity index is 309. The maximum absolute atomic E-state index is 13.1. The third-order valence-corrected chi connectivity index (χ3v) is 1.62. The van der Waals surface area contributed by atoms with Crippen LogP contribution in [0.2, 0.25) is 0 Å². The lowest BCUT2D eigenvalue weighted by Gasteiger charge is -2.03. The normalized spacial score (nSPS) is 10.8. The largest absolute Gasteiger partial charge is 0.497 e. The number of allylic oxidation sites excluding steroid dienone is 1. The van der Waals surface area contributed by atoms with E-state index in [1.807, 2.05) is 0 Å². The van der Waals surface area contributed by atoms with Crippen LogP contribution in [0.4, 0.5) is 8.78 Å². The predicted molar refractivity (Wildman–Crippen MR) is 47.6 cm³/mol. The Hall–Kier alpha value is -1.38. The van der Waals surface area contributed by atoms with Gasteiger partial charge in [0.15, 0.2) is 0 Å². The van der Waals surface area contributed by atoms with Crippen molar-refractivity contribution >= 4 is 6.08 Å². The maximum Gasteiger partial charge on any atom is 0.137 e. The second-order valence-electron chi connectivity index (χ2n) is 2.50. The summed E-state index contributed by atoms with van der Waals surface area (Å²) in [5.74, 6) is -1.05. The first-order valence-electron chi connectivity index (χ1n) is 3.84. The molecule has 1 rings (SSSR count). The second kappa shape index (κ2) is 4.03. The van der Waals surface area contributed by atoms with E-state index in [2.05, 4.69) is 0 Å². The van der Waals surface area contributed by atoms with Gasteiger partial charge in [-0.25, -0.2) is 8.78 Å². The molecule has 13 heavy (non-hydrogen) atoms. The molecule has 0 amide bonds. The third kappa shape index (κ3) is 2.05. The average Bonchev–Trinajstić information content (AvgIpc) is 2.11. The van der Waals surface area contributed by atoms with Gasteiger partial charge in [-0.05, 0) is 6.92 Å². The molecule has 0 saturated carbocycles. The molecule has 0 radical (unpaired) electrons. The number of ether oxygens (including phenoxy) is 1. The molecular formula is C10H10F2O. The van der Waals surface area contributed by atoms with Crippen LogP contribution >= 0.6 is 0 Å². The van der Waals surface area contributed by atoms with Crippen molar-refractivity contribution in [2.24, 2.45) is 0 Å². The molecule has 70 valence electrons. The minimum atomic E-state index is -0.616. The third-order valence-electron chi connectivity index (χ3n) is 1.62. The van der Waals surface area contributed by atoms with Crippen molar-refractivity contribution in [1.29, 1.82) is 0 Å². The quantitative estimate of drug-likeness (QED) is 0.686. The highest BCUT2D eigenvalue weighted by Crippen LogP contribution is 2.21. The van der Waals surface area contributed by atoms with Crippen molar-refractivity contribution in [1.82, 2.24) is 0 Å². The van der Waals surface area contributed by atoms with Gasteiger partial charge in [-0.1, -0.05) is 12.2 Å². The van der Waals surface area contributed by atoms with E-state index in [0.717, 1.165) is 12.1 Å². The Labute approximate surface area is 75.6 Å². The molecule has 1 aromatic rings. The molecule has 0 fully saturated rings. The van der Waals surface area contributed by atoms with Crippen LogP contribution in [-0.2, 0) is 0 Å². The molecule has 0 bridgehead atoms. The van der Waals surface area contributed by atoms with Crippen LogP contribution in [0, 0.1) is 11.6 Å². The molecule has 1 nitrogen and oxygen atoms in total. The van der Waals surface area contributed by atoms with Gasteiger partial charge in [0, 0.05) is 17.7 Å². The number of rotatable bonds is 2. The van der Waals surface area contributed by atoms with E-state index in [4.69, 9.17) is 4.74 Å². The molecule has 1 aromatic carbocycles. The minimum Gasteiger partial charge on any atom is -0.497 e. The van der Waals surface area contributed by atoms with Crippen LogP contribution in [0.25, 0.3) is 6.08 Å². The SMILES string of the molecule is C/C=C/c1c(F)cc(OC)cc1F. The standard InChI is InChI=1S/C10H10F2O/c1-3-4-8-9(11)5-7(13-2)6-10(8)12/h3-6H,1-2H3/b4-3+. The zero-order valence-corrected chi connectivity index (χ0v) is 7.47. The fraction of sp³-hybridized carbons (Fsp3) is 0.200. The fourth-order valence-corrected chi connectivity index (χ4v) is 1.00. The van der Waals surface area contributed by atoms with E-state index in [1.165, 1.54) is 13.2 Å². The minimum absolute atomic E-state index is 0.0386. The lowest BCUT2D eigenvalue weighted by Crippen LogP contribution is -1.91.